The zero-order valence-electron chi connectivity index (χ0n) is 20.9. The molecule has 0 saturated carbocycles. The van der Waals surface area contributed by atoms with E-state index in [9.17, 15) is 19.5 Å². The van der Waals surface area contributed by atoms with Gasteiger partial charge in [0.2, 0.25) is 5.91 Å². The molecule has 0 aliphatic heterocycles. The van der Waals surface area contributed by atoms with Crippen molar-refractivity contribution in [1.29, 1.82) is 0 Å². The number of carbonyl (C=O) groups is 3. The summed E-state index contributed by atoms with van der Waals surface area (Å²) in [6, 6.07) is 10.8. The fourth-order valence-electron chi connectivity index (χ4n) is 3.52. The number of hydrogen-bond donors (Lipinski definition) is 3. The van der Waals surface area contributed by atoms with Gasteiger partial charge in [0, 0.05) is 17.3 Å². The van der Waals surface area contributed by atoms with Gasteiger partial charge in [-0.3, -0.25) is 9.59 Å². The van der Waals surface area contributed by atoms with Crippen LogP contribution < -0.4 is 10.6 Å². The molecular weight excluding hydrogens is 434 g/mol. The van der Waals surface area contributed by atoms with Gasteiger partial charge in [0.1, 0.15) is 23.9 Å². The monoisotopic (exact) mass is 469 g/mol. The number of para-hydroxylation sites is 2. The van der Waals surface area contributed by atoms with Crippen LogP contribution in [0.3, 0.4) is 0 Å². The van der Waals surface area contributed by atoms with E-state index in [2.05, 4.69) is 10.6 Å². The zero-order valence-corrected chi connectivity index (χ0v) is 20.9. The second-order valence-electron chi connectivity index (χ2n) is 9.47. The molecular formula is C26H35N3O5. The Morgan fingerprint density at radius 2 is 1.62 bits per heavy atom. The summed E-state index contributed by atoms with van der Waals surface area (Å²) in [6.45, 7) is 11.9. The van der Waals surface area contributed by atoms with Crippen LogP contribution in [0.1, 0.15) is 57.4 Å². The van der Waals surface area contributed by atoms with Gasteiger partial charge in [0.05, 0.1) is 0 Å². The number of aromatic hydroxyl groups is 1. The van der Waals surface area contributed by atoms with Crippen molar-refractivity contribution < 1.29 is 24.2 Å². The number of hydrogen-bond acceptors (Lipinski definition) is 5. The molecule has 34 heavy (non-hydrogen) atoms. The normalized spacial score (nSPS) is 12.1. The van der Waals surface area contributed by atoms with Crippen molar-refractivity contribution in [3.05, 3.63) is 59.2 Å². The molecule has 8 heteroatoms. The number of nitrogens with one attached hydrogen (secondary N) is 2. The molecule has 0 aliphatic rings. The van der Waals surface area contributed by atoms with E-state index in [1.54, 1.807) is 71.9 Å². The fourth-order valence-corrected chi connectivity index (χ4v) is 3.52. The minimum absolute atomic E-state index is 0.0639. The van der Waals surface area contributed by atoms with Crippen molar-refractivity contribution in [1.82, 2.24) is 10.2 Å². The first-order valence-corrected chi connectivity index (χ1v) is 11.2. The Kier molecular flexibility index (Phi) is 8.68. The highest BCUT2D eigenvalue weighted by molar-refractivity contribution is 5.99. The lowest BCUT2D eigenvalue weighted by molar-refractivity contribution is -0.140. The highest BCUT2D eigenvalue weighted by Gasteiger charge is 2.35. The smallest absolute Gasteiger partial charge is 0.408 e. The Labute approximate surface area is 201 Å². The molecule has 0 heterocycles. The van der Waals surface area contributed by atoms with E-state index in [1.807, 2.05) is 19.1 Å². The number of anilines is 1. The van der Waals surface area contributed by atoms with Gasteiger partial charge >= 0.3 is 6.09 Å². The van der Waals surface area contributed by atoms with E-state index < -0.39 is 35.6 Å². The standard InChI is InChI=1S/C26H35N3O5/c1-16(2)29(21(30)15-27-25(33)34-26(5,6)7)22(19-13-10-12-18(4)23(19)31)24(32)28-20-14-9-8-11-17(20)3/h8-14,16,22,31H,15H2,1-7H3,(H,27,33)(H,28,32). The van der Waals surface area contributed by atoms with Gasteiger partial charge in [-0.1, -0.05) is 36.4 Å². The Morgan fingerprint density at radius 1 is 1.00 bits per heavy atom. The number of alkyl carbamates (subject to hydrolysis) is 1. The summed E-state index contributed by atoms with van der Waals surface area (Å²) in [5, 5.41) is 16.1. The van der Waals surface area contributed by atoms with E-state index in [0.29, 0.717) is 16.8 Å². The number of phenols is 1. The Hall–Kier alpha value is -3.55. The number of benzene rings is 2. The van der Waals surface area contributed by atoms with E-state index in [0.717, 1.165) is 5.56 Å². The minimum Gasteiger partial charge on any atom is -0.507 e. The lowest BCUT2D eigenvalue weighted by Gasteiger charge is -2.35. The molecule has 2 rings (SSSR count). The molecule has 2 aromatic carbocycles. The quantitative estimate of drug-likeness (QED) is 0.555. The summed E-state index contributed by atoms with van der Waals surface area (Å²) in [5.74, 6) is -1.03. The summed E-state index contributed by atoms with van der Waals surface area (Å²) in [6.07, 6.45) is -0.733. The van der Waals surface area contributed by atoms with Crippen LogP contribution in [-0.2, 0) is 14.3 Å². The molecule has 0 fully saturated rings. The molecule has 8 nitrogen and oxygen atoms in total. The molecule has 1 unspecified atom stereocenters. The molecule has 1 atom stereocenters. The van der Waals surface area contributed by atoms with Gasteiger partial charge in [-0.15, -0.1) is 0 Å². The Balaban J connectivity index is 2.42. The van der Waals surface area contributed by atoms with E-state index in [1.165, 1.54) is 4.90 Å². The molecule has 2 aromatic rings. The van der Waals surface area contributed by atoms with Crippen LogP contribution in [0.5, 0.6) is 5.75 Å². The number of ether oxygens (including phenoxy) is 1. The van der Waals surface area contributed by atoms with Crippen LogP contribution in [0.25, 0.3) is 0 Å². The van der Waals surface area contributed by atoms with Gasteiger partial charge in [0.25, 0.3) is 5.91 Å². The van der Waals surface area contributed by atoms with Crippen LogP contribution in [0.2, 0.25) is 0 Å². The Morgan fingerprint density at radius 3 is 2.21 bits per heavy atom. The molecule has 3 amide bonds. The molecule has 0 aromatic heterocycles. The molecule has 0 aliphatic carbocycles. The number of rotatable bonds is 7. The number of phenolic OH excluding ortho intramolecular Hbond substituents is 1. The molecule has 0 bridgehead atoms. The number of nitrogens with zero attached hydrogens (tertiary/aromatic N) is 1. The van der Waals surface area contributed by atoms with Crippen molar-refractivity contribution in [3.8, 4) is 5.75 Å². The summed E-state index contributed by atoms with van der Waals surface area (Å²) < 4.78 is 5.21. The summed E-state index contributed by atoms with van der Waals surface area (Å²) in [7, 11) is 0. The fraction of sp³-hybridized carbons (Fsp3) is 0.423. The highest BCUT2D eigenvalue weighted by Crippen LogP contribution is 2.34. The number of aryl methyl sites for hydroxylation is 2. The predicted octanol–water partition coefficient (Wildman–Crippen LogP) is 4.45. The summed E-state index contributed by atoms with van der Waals surface area (Å²) in [5.41, 5.74) is 1.62. The SMILES string of the molecule is Cc1ccccc1NC(=O)C(c1cccc(C)c1O)N(C(=O)CNC(=O)OC(C)(C)C)C(C)C. The zero-order chi connectivity index (χ0) is 25.6. The lowest BCUT2D eigenvalue weighted by Crippen LogP contribution is -2.49. The lowest BCUT2D eigenvalue weighted by atomic mass is 9.98. The summed E-state index contributed by atoms with van der Waals surface area (Å²) in [4.78, 5) is 40.3. The molecule has 0 radical (unpaired) electrons. The molecule has 3 N–H and O–H groups in total. The van der Waals surface area contributed by atoms with Gasteiger partial charge in [-0.05, 0) is 65.7 Å². The largest absolute Gasteiger partial charge is 0.507 e. The third-order valence-electron chi connectivity index (χ3n) is 5.12. The maximum absolute atomic E-state index is 13.6. The van der Waals surface area contributed by atoms with Gasteiger partial charge in [0.15, 0.2) is 0 Å². The number of amides is 3. The first kappa shape index (κ1) is 26.7. The van der Waals surface area contributed by atoms with Gasteiger partial charge in [-0.2, -0.15) is 0 Å². The van der Waals surface area contributed by atoms with Gasteiger partial charge in [-0.25, -0.2) is 4.79 Å². The summed E-state index contributed by atoms with van der Waals surface area (Å²) >= 11 is 0. The molecule has 0 saturated heterocycles. The van der Waals surface area contributed by atoms with Crippen LogP contribution in [0.4, 0.5) is 10.5 Å². The van der Waals surface area contributed by atoms with Crippen molar-refractivity contribution in [2.75, 3.05) is 11.9 Å². The van der Waals surface area contributed by atoms with Crippen molar-refractivity contribution >= 4 is 23.6 Å². The minimum atomic E-state index is -1.13. The van der Waals surface area contributed by atoms with Crippen molar-refractivity contribution in [2.24, 2.45) is 0 Å². The molecule has 0 spiro atoms. The van der Waals surface area contributed by atoms with Crippen LogP contribution >= 0.6 is 0 Å². The van der Waals surface area contributed by atoms with Crippen LogP contribution in [0.15, 0.2) is 42.5 Å². The predicted molar refractivity (Wildman–Crippen MR) is 132 cm³/mol. The van der Waals surface area contributed by atoms with E-state index in [-0.39, 0.29) is 12.3 Å². The average molecular weight is 470 g/mol. The van der Waals surface area contributed by atoms with Crippen LogP contribution in [-0.4, -0.2) is 46.1 Å². The van der Waals surface area contributed by atoms with Gasteiger partial charge < -0.3 is 25.4 Å². The average Bonchev–Trinajstić information content (AvgIpc) is 2.72. The third-order valence-corrected chi connectivity index (χ3v) is 5.12. The topological polar surface area (TPSA) is 108 Å². The maximum atomic E-state index is 13.6. The second-order valence-corrected chi connectivity index (χ2v) is 9.47. The second kappa shape index (κ2) is 11.0. The highest BCUT2D eigenvalue weighted by atomic mass is 16.6. The van der Waals surface area contributed by atoms with Crippen LogP contribution in [0, 0.1) is 13.8 Å². The number of carbonyl (C=O) groups excluding carboxylic acids is 3. The Bertz CT molecular complexity index is 1040. The molecule has 184 valence electrons. The van der Waals surface area contributed by atoms with Crippen molar-refractivity contribution in [2.45, 2.75) is 66.2 Å². The van der Waals surface area contributed by atoms with E-state index >= 15 is 0 Å². The first-order valence-electron chi connectivity index (χ1n) is 11.2. The third kappa shape index (κ3) is 6.97. The van der Waals surface area contributed by atoms with E-state index in [4.69, 9.17) is 4.74 Å². The maximum Gasteiger partial charge on any atom is 0.408 e. The van der Waals surface area contributed by atoms with Crippen molar-refractivity contribution in [3.63, 3.8) is 0 Å². The first-order chi connectivity index (χ1) is 15.8.